The number of nitrogens with one attached hydrogen (secondary N) is 1. The van der Waals surface area contributed by atoms with E-state index in [1.807, 2.05) is 0 Å². The van der Waals surface area contributed by atoms with Crippen LogP contribution in [0.25, 0.3) is 0 Å². The van der Waals surface area contributed by atoms with E-state index >= 15 is 0 Å². The van der Waals surface area contributed by atoms with E-state index in [1.165, 1.54) is 0 Å². The molecule has 1 atom stereocenters. The Hall–Kier alpha value is -1.36. The van der Waals surface area contributed by atoms with E-state index < -0.39 is 17.7 Å². The van der Waals surface area contributed by atoms with Gasteiger partial charge in [0.05, 0.1) is 6.61 Å². The molecule has 0 heterocycles. The lowest BCUT2D eigenvalue weighted by Gasteiger charge is -2.21. The molecule has 0 aromatic carbocycles. The zero-order chi connectivity index (χ0) is 14.0. The highest BCUT2D eigenvalue weighted by Crippen LogP contribution is 2.06. The number of hydrogen-bond donors (Lipinski definition) is 1. The Bertz CT molecular complexity index is 271. The van der Waals surface area contributed by atoms with Crippen LogP contribution in [-0.4, -0.2) is 37.2 Å². The van der Waals surface area contributed by atoms with Gasteiger partial charge in [-0.1, -0.05) is 6.08 Å². The summed E-state index contributed by atoms with van der Waals surface area (Å²) in [6.07, 6.45) is 3.54. The Kier molecular flexibility index (Phi) is 8.03. The van der Waals surface area contributed by atoms with Gasteiger partial charge in [-0.25, -0.2) is 4.79 Å². The van der Waals surface area contributed by atoms with Gasteiger partial charge in [0.15, 0.2) is 0 Å². The molecule has 0 saturated heterocycles. The molecule has 0 fully saturated rings. The Labute approximate surface area is 109 Å². The molecule has 0 aliphatic rings. The van der Waals surface area contributed by atoms with Gasteiger partial charge in [-0.2, -0.15) is 0 Å². The predicted octanol–water partition coefficient (Wildman–Crippen LogP) is 2.06. The maximum Gasteiger partial charge on any atom is 0.408 e. The molecule has 1 N–H and O–H groups in total. The van der Waals surface area contributed by atoms with Crippen molar-refractivity contribution in [3.63, 3.8) is 0 Å². The van der Waals surface area contributed by atoms with Crippen molar-refractivity contribution >= 4 is 12.4 Å². The lowest BCUT2D eigenvalue weighted by Crippen LogP contribution is -2.42. The number of allylic oxidation sites excluding steroid dienone is 1. The van der Waals surface area contributed by atoms with Crippen LogP contribution in [0.15, 0.2) is 12.7 Å². The third kappa shape index (κ3) is 9.84. The maximum atomic E-state index is 11.4. The number of amides is 1. The van der Waals surface area contributed by atoms with Gasteiger partial charge in [0.2, 0.25) is 0 Å². The lowest BCUT2D eigenvalue weighted by atomic mass is 10.2. The van der Waals surface area contributed by atoms with E-state index in [2.05, 4.69) is 11.9 Å². The molecule has 1 amide bonds. The number of ether oxygens (including phenoxy) is 2. The quantitative estimate of drug-likeness (QED) is 0.410. The predicted molar refractivity (Wildman–Crippen MR) is 69.5 cm³/mol. The topological polar surface area (TPSA) is 64.6 Å². The van der Waals surface area contributed by atoms with E-state index in [4.69, 9.17) is 9.47 Å². The van der Waals surface area contributed by atoms with Gasteiger partial charge in [-0.3, -0.25) is 0 Å². The third-order valence-corrected chi connectivity index (χ3v) is 1.86. The summed E-state index contributed by atoms with van der Waals surface area (Å²) in [7, 11) is 0. The van der Waals surface area contributed by atoms with Crippen molar-refractivity contribution in [2.24, 2.45) is 0 Å². The zero-order valence-corrected chi connectivity index (χ0v) is 11.4. The zero-order valence-electron chi connectivity index (χ0n) is 11.4. The highest BCUT2D eigenvalue weighted by Gasteiger charge is 2.19. The number of unbranched alkanes of at least 4 members (excludes halogenated alkanes) is 1. The van der Waals surface area contributed by atoms with Crippen LogP contribution in [0.4, 0.5) is 4.79 Å². The second kappa shape index (κ2) is 8.69. The summed E-state index contributed by atoms with van der Waals surface area (Å²) < 4.78 is 10.3. The minimum Gasteiger partial charge on any atom is -0.444 e. The van der Waals surface area contributed by atoms with Crippen LogP contribution in [0.5, 0.6) is 0 Å². The van der Waals surface area contributed by atoms with Crippen LogP contribution < -0.4 is 5.32 Å². The Morgan fingerprint density at radius 2 is 2.11 bits per heavy atom. The molecule has 0 aliphatic carbocycles. The number of carbonyl (C=O) groups is 2. The highest BCUT2D eigenvalue weighted by atomic mass is 16.6. The number of alkyl carbamates (subject to hydrolysis) is 1. The molecule has 5 heteroatoms. The van der Waals surface area contributed by atoms with E-state index in [0.29, 0.717) is 12.9 Å². The van der Waals surface area contributed by atoms with Crippen LogP contribution >= 0.6 is 0 Å². The first-order valence-electron chi connectivity index (χ1n) is 6.02. The summed E-state index contributed by atoms with van der Waals surface area (Å²) >= 11 is 0. The van der Waals surface area contributed by atoms with E-state index in [9.17, 15) is 9.59 Å². The van der Waals surface area contributed by atoms with Crippen LogP contribution in [0.2, 0.25) is 0 Å². The average molecular weight is 257 g/mol. The minimum absolute atomic E-state index is 0.153. The van der Waals surface area contributed by atoms with Crippen molar-refractivity contribution in [2.75, 3.05) is 13.2 Å². The number of hydrogen-bond acceptors (Lipinski definition) is 4. The van der Waals surface area contributed by atoms with Crippen molar-refractivity contribution in [1.29, 1.82) is 0 Å². The Balaban J connectivity index is 3.85. The van der Waals surface area contributed by atoms with Gasteiger partial charge in [0, 0.05) is 6.61 Å². The van der Waals surface area contributed by atoms with Crippen molar-refractivity contribution < 1.29 is 19.1 Å². The Morgan fingerprint density at radius 1 is 1.44 bits per heavy atom. The average Bonchev–Trinajstić information content (AvgIpc) is 2.24. The van der Waals surface area contributed by atoms with E-state index in [0.717, 1.165) is 12.8 Å². The molecule has 18 heavy (non-hydrogen) atoms. The van der Waals surface area contributed by atoms with Gasteiger partial charge in [-0.15, -0.1) is 6.58 Å². The largest absolute Gasteiger partial charge is 0.444 e. The summed E-state index contributed by atoms with van der Waals surface area (Å²) in [6.45, 7) is 9.56. The highest BCUT2D eigenvalue weighted by molar-refractivity contribution is 5.73. The van der Waals surface area contributed by atoms with Crippen LogP contribution in [0.3, 0.4) is 0 Å². The first-order chi connectivity index (χ1) is 8.39. The summed E-state index contributed by atoms with van der Waals surface area (Å²) in [5.74, 6) is 0. The molecule has 0 spiro atoms. The molecule has 0 bridgehead atoms. The molecule has 0 unspecified atom stereocenters. The molecule has 0 aromatic heterocycles. The summed E-state index contributed by atoms with van der Waals surface area (Å²) in [5.41, 5.74) is -0.581. The molecule has 5 nitrogen and oxygen atoms in total. The second-order valence-electron chi connectivity index (χ2n) is 4.89. The summed E-state index contributed by atoms with van der Waals surface area (Å²) in [6, 6.07) is -0.677. The number of aldehydes is 1. The van der Waals surface area contributed by atoms with Crippen LogP contribution in [0.1, 0.15) is 33.6 Å². The van der Waals surface area contributed by atoms with Crippen LogP contribution in [-0.2, 0) is 14.3 Å². The smallest absolute Gasteiger partial charge is 0.408 e. The minimum atomic E-state index is -0.677. The molecule has 0 radical (unpaired) electrons. The lowest BCUT2D eigenvalue weighted by molar-refractivity contribution is -0.111. The first-order valence-corrected chi connectivity index (χ1v) is 6.02. The van der Waals surface area contributed by atoms with Crippen molar-refractivity contribution in [1.82, 2.24) is 5.32 Å². The molecule has 104 valence electrons. The second-order valence-corrected chi connectivity index (χ2v) is 4.89. The SMILES string of the molecule is C=CCCCOC[C@@H](C=O)NC(=O)OC(C)(C)C. The standard InChI is InChI=1S/C13H23NO4/c1-5-6-7-8-17-10-11(9-15)14-12(16)18-13(2,3)4/h5,9,11H,1,6-8,10H2,2-4H3,(H,14,16)/t11-/m1/s1. The van der Waals surface area contributed by atoms with Gasteiger partial charge < -0.3 is 19.6 Å². The Morgan fingerprint density at radius 3 is 2.61 bits per heavy atom. The third-order valence-electron chi connectivity index (χ3n) is 1.86. The van der Waals surface area contributed by atoms with Gasteiger partial charge in [0.25, 0.3) is 0 Å². The van der Waals surface area contributed by atoms with Gasteiger partial charge in [-0.05, 0) is 33.6 Å². The molecule has 0 rings (SSSR count). The molecule has 0 saturated carbocycles. The normalized spacial score (nSPS) is 12.6. The monoisotopic (exact) mass is 257 g/mol. The van der Waals surface area contributed by atoms with E-state index in [-0.39, 0.29) is 6.61 Å². The van der Waals surface area contributed by atoms with Crippen molar-refractivity contribution in [3.05, 3.63) is 12.7 Å². The fraction of sp³-hybridized carbons (Fsp3) is 0.692. The van der Waals surface area contributed by atoms with Crippen LogP contribution in [0, 0.1) is 0 Å². The van der Waals surface area contributed by atoms with E-state index in [1.54, 1.807) is 26.8 Å². The molecule has 0 aliphatic heterocycles. The molecule has 0 aromatic rings. The molecular weight excluding hydrogens is 234 g/mol. The first kappa shape index (κ1) is 16.6. The van der Waals surface area contributed by atoms with Crippen molar-refractivity contribution in [3.8, 4) is 0 Å². The summed E-state index contributed by atoms with van der Waals surface area (Å²) in [5, 5.41) is 2.44. The van der Waals surface area contributed by atoms with Gasteiger partial charge in [0.1, 0.15) is 17.9 Å². The number of rotatable bonds is 8. The summed E-state index contributed by atoms with van der Waals surface area (Å²) in [4.78, 5) is 22.2. The maximum absolute atomic E-state index is 11.4. The van der Waals surface area contributed by atoms with Crippen molar-refractivity contribution in [2.45, 2.75) is 45.3 Å². The molecular formula is C13H23NO4. The number of carbonyl (C=O) groups excluding carboxylic acids is 2. The fourth-order valence-electron chi connectivity index (χ4n) is 1.11. The van der Waals surface area contributed by atoms with Gasteiger partial charge >= 0.3 is 6.09 Å². The fourth-order valence-corrected chi connectivity index (χ4v) is 1.11.